The van der Waals surface area contributed by atoms with Gasteiger partial charge in [0.05, 0.1) is 19.1 Å². The first-order valence-electron chi connectivity index (χ1n) is 12.4. The van der Waals surface area contributed by atoms with Gasteiger partial charge in [-0.1, -0.05) is 0 Å². The molecule has 4 aliphatic heterocycles. The third-order valence-electron chi connectivity index (χ3n) is 7.12. The maximum absolute atomic E-state index is 13.0. The van der Waals surface area contributed by atoms with Crippen LogP contribution < -0.4 is 21.7 Å². The molecule has 9 atom stereocenters. The Kier molecular flexibility index (Phi) is 6.85. The largest absolute Gasteiger partial charge is 0.697 e. The van der Waals surface area contributed by atoms with Crippen LogP contribution in [0.1, 0.15) is 12.6 Å². The van der Waals surface area contributed by atoms with E-state index in [1.165, 1.54) is 19.0 Å². The highest BCUT2D eigenvalue weighted by Gasteiger charge is 2.55. The van der Waals surface area contributed by atoms with Gasteiger partial charge in [-0.05, 0) is 0 Å². The zero-order chi connectivity index (χ0) is 28.2. The van der Waals surface area contributed by atoms with Crippen molar-refractivity contribution < 1.29 is 41.8 Å². The molecule has 0 spiro atoms. The van der Waals surface area contributed by atoms with E-state index >= 15 is 0 Å². The zero-order valence-electron chi connectivity index (χ0n) is 21.0. The van der Waals surface area contributed by atoms with Gasteiger partial charge < -0.3 is 36.3 Å². The maximum atomic E-state index is 13.0. The van der Waals surface area contributed by atoms with Crippen molar-refractivity contribution in [2.24, 2.45) is 0 Å². The summed E-state index contributed by atoms with van der Waals surface area (Å²) in [5, 5.41) is 14.2. The van der Waals surface area contributed by atoms with Crippen LogP contribution >= 0.6 is 16.5 Å². The van der Waals surface area contributed by atoms with Crippen LogP contribution in [0, 0.1) is 0 Å². The number of nitrogens with zero attached hydrogens (tertiary/aromatic N) is 7. The average Bonchev–Trinajstić information content (AvgIpc) is 3.72. The predicted molar refractivity (Wildman–Crippen MR) is 137 cm³/mol. The zero-order valence-corrected chi connectivity index (χ0v) is 22.8. The highest BCUT2D eigenvalue weighted by Crippen LogP contribution is 2.44. The van der Waals surface area contributed by atoms with E-state index < -0.39 is 59.5 Å². The maximum Gasteiger partial charge on any atom is 0.697 e. The van der Waals surface area contributed by atoms with Gasteiger partial charge in [0.15, 0.2) is 47.8 Å². The number of fused-ring (bicyclic) bond motifs is 5. The van der Waals surface area contributed by atoms with Gasteiger partial charge >= 0.3 is 16.5 Å². The fourth-order valence-electron chi connectivity index (χ4n) is 5.24. The Morgan fingerprint density at radius 2 is 1.71 bits per heavy atom. The van der Waals surface area contributed by atoms with E-state index in [0.29, 0.717) is 22.7 Å². The molecular weight excluding hydrogens is 586 g/mol. The van der Waals surface area contributed by atoms with E-state index in [-0.39, 0.29) is 37.9 Å². The molecule has 3 saturated heterocycles. The second kappa shape index (κ2) is 10.5. The third-order valence-corrected chi connectivity index (χ3v) is 8.70. The molecule has 9 unspecified atom stereocenters. The Morgan fingerprint density at radius 3 is 2.59 bits per heavy atom. The molecular formula is C20H24N10O9P2+2. The number of anilines is 4. The Hall–Kier alpha value is -3.25. The summed E-state index contributed by atoms with van der Waals surface area (Å²) in [5.41, 5.74) is 13.1. The molecule has 3 aromatic heterocycles. The van der Waals surface area contributed by atoms with Crippen molar-refractivity contribution >= 4 is 50.8 Å². The van der Waals surface area contributed by atoms with E-state index in [9.17, 15) is 14.2 Å². The van der Waals surface area contributed by atoms with Gasteiger partial charge in [0.25, 0.3) is 0 Å². The lowest BCUT2D eigenvalue weighted by atomic mass is 10.1. The molecule has 19 nitrogen and oxygen atoms in total. The highest BCUT2D eigenvalue weighted by molar-refractivity contribution is 7.33. The first-order chi connectivity index (χ1) is 19.9. The van der Waals surface area contributed by atoms with Crippen molar-refractivity contribution in [3.8, 4) is 0 Å². The number of nitrogens with two attached hydrogens (primary N) is 2. The number of nitrogen functional groups attached to an aromatic ring is 2. The molecule has 216 valence electrons. The Labute approximate surface area is 232 Å². The highest BCUT2D eigenvalue weighted by atomic mass is 31.1. The second-order valence-electron chi connectivity index (χ2n) is 9.54. The number of hydrogen-bond acceptors (Lipinski definition) is 18. The van der Waals surface area contributed by atoms with Crippen LogP contribution in [0.3, 0.4) is 0 Å². The molecule has 4 aliphatic rings. The Balaban J connectivity index is 1.11. The molecule has 7 rings (SSSR count). The minimum Gasteiger partial charge on any atom is -0.385 e. The van der Waals surface area contributed by atoms with Crippen molar-refractivity contribution in [1.29, 1.82) is 0 Å². The topological polar surface area (TPSA) is 246 Å². The molecule has 2 bridgehead atoms. The minimum absolute atomic E-state index is 0.148. The van der Waals surface area contributed by atoms with Crippen LogP contribution in [-0.4, -0.2) is 91.2 Å². The monoisotopic (exact) mass is 610 g/mol. The van der Waals surface area contributed by atoms with Crippen LogP contribution in [0.15, 0.2) is 19.0 Å². The van der Waals surface area contributed by atoms with Gasteiger partial charge in [0.2, 0.25) is 0 Å². The number of ether oxygens (including phenoxy) is 2. The second-order valence-corrected chi connectivity index (χ2v) is 11.4. The number of hydrogen-bond donors (Lipinski definition) is 4. The number of aliphatic hydroxyl groups excluding tert-OH is 1. The lowest BCUT2D eigenvalue weighted by Gasteiger charge is -2.26. The summed E-state index contributed by atoms with van der Waals surface area (Å²) in [5.74, 6) is 0.822. The van der Waals surface area contributed by atoms with E-state index in [0.717, 1.165) is 0 Å². The molecule has 0 saturated carbocycles. The Morgan fingerprint density at radius 1 is 0.927 bits per heavy atom. The molecule has 0 aliphatic carbocycles. The molecule has 3 aromatic rings. The quantitative estimate of drug-likeness (QED) is 0.282. The summed E-state index contributed by atoms with van der Waals surface area (Å²) in [6, 6.07) is 0. The molecule has 7 heterocycles. The SMILES string of the molecule is Nc1ncnc2c1NCN2C1OC2CO[P+](=O)OC3CC(CO[P+](=O)OC2C1O)OC3n1cnc2c(N)ncnc21. The molecule has 3 fully saturated rings. The normalized spacial score (nSPS) is 34.0. The van der Waals surface area contributed by atoms with E-state index in [1.54, 1.807) is 9.47 Å². The predicted octanol–water partition coefficient (Wildman–Crippen LogP) is 0.176. The lowest BCUT2D eigenvalue weighted by Crippen LogP contribution is -2.44. The number of rotatable bonds is 2. The number of nitrogens with one attached hydrogen (secondary N) is 1. The van der Waals surface area contributed by atoms with Gasteiger partial charge in [-0.25, -0.2) is 24.9 Å². The molecule has 41 heavy (non-hydrogen) atoms. The summed E-state index contributed by atoms with van der Waals surface area (Å²) in [4.78, 5) is 22.2. The summed E-state index contributed by atoms with van der Waals surface area (Å²) >= 11 is 0. The molecule has 0 radical (unpaired) electrons. The molecule has 0 aromatic carbocycles. The average molecular weight is 610 g/mol. The van der Waals surface area contributed by atoms with Crippen LogP contribution in [-0.2, 0) is 36.7 Å². The number of imidazole rings is 1. The van der Waals surface area contributed by atoms with Crippen molar-refractivity contribution in [3.05, 3.63) is 19.0 Å². The van der Waals surface area contributed by atoms with Crippen molar-refractivity contribution in [1.82, 2.24) is 29.5 Å². The van der Waals surface area contributed by atoms with Gasteiger partial charge in [-0.15, -0.1) is 18.1 Å². The first-order valence-corrected chi connectivity index (χ1v) is 14.6. The van der Waals surface area contributed by atoms with E-state index in [1.807, 2.05) is 0 Å². The van der Waals surface area contributed by atoms with Gasteiger partial charge in [-0.2, -0.15) is 0 Å². The molecule has 6 N–H and O–H groups in total. The van der Waals surface area contributed by atoms with E-state index in [2.05, 4.69) is 30.2 Å². The molecule has 0 amide bonds. The van der Waals surface area contributed by atoms with Crippen LogP contribution in [0.4, 0.5) is 23.1 Å². The number of aliphatic hydroxyl groups is 1. The lowest BCUT2D eigenvalue weighted by molar-refractivity contribution is -0.0502. The summed E-state index contributed by atoms with van der Waals surface area (Å²) in [7, 11) is -5.43. The van der Waals surface area contributed by atoms with Crippen molar-refractivity contribution in [2.75, 3.05) is 41.6 Å². The summed E-state index contributed by atoms with van der Waals surface area (Å²) in [6.07, 6.45) is -2.46. The van der Waals surface area contributed by atoms with Crippen LogP contribution in [0.5, 0.6) is 0 Å². The van der Waals surface area contributed by atoms with Crippen LogP contribution in [0.25, 0.3) is 11.2 Å². The fraction of sp³-hybridized carbons (Fsp3) is 0.550. The fourth-order valence-corrected chi connectivity index (χ4v) is 6.78. The smallest absolute Gasteiger partial charge is 0.385 e. The standard InChI is InChI=1S/C20H24N10O9P2/c21-15-11-17(25-4-23-15)29(6-27-11)19-9-1-8(36-19)2-34-41(33)39-14-10(3-35-40(32)38-9)37-20(13(14)31)30-7-28-12-16(22)24-5-26-18(12)30/h4-6,8-10,13-14,19-20,28,31H,1-3,7H2,(H2,21,23,25)(H2,22,24,26)/q+2. The first kappa shape index (κ1) is 26.6. The van der Waals surface area contributed by atoms with Gasteiger partial charge in [-0.3, -0.25) is 4.57 Å². The number of aromatic nitrogens is 6. The van der Waals surface area contributed by atoms with Gasteiger partial charge in [0, 0.05) is 15.6 Å². The summed E-state index contributed by atoms with van der Waals surface area (Å²) < 4.78 is 61.9. The summed E-state index contributed by atoms with van der Waals surface area (Å²) in [6.45, 7) is -0.276. The third kappa shape index (κ3) is 4.74. The minimum atomic E-state index is -2.73. The molecule has 21 heteroatoms. The Bertz CT molecular complexity index is 1520. The van der Waals surface area contributed by atoms with Crippen molar-refractivity contribution in [3.63, 3.8) is 0 Å². The van der Waals surface area contributed by atoms with Gasteiger partial charge in [0.1, 0.15) is 49.3 Å². The van der Waals surface area contributed by atoms with Crippen LogP contribution in [0.2, 0.25) is 0 Å². The van der Waals surface area contributed by atoms with E-state index in [4.69, 9.17) is 39.0 Å². The van der Waals surface area contributed by atoms with Crippen molar-refractivity contribution in [2.45, 2.75) is 49.4 Å².